The summed E-state index contributed by atoms with van der Waals surface area (Å²) in [5.41, 5.74) is 1.77. The summed E-state index contributed by atoms with van der Waals surface area (Å²) in [5.74, 6) is 2.24. The second kappa shape index (κ2) is 5.75. The maximum atomic E-state index is 4.72. The Hall–Kier alpha value is -2.57. The highest BCUT2D eigenvalue weighted by Gasteiger charge is 2.28. The number of nitrogens with one attached hydrogen (secondary N) is 3. The van der Waals surface area contributed by atoms with Gasteiger partial charge in [-0.1, -0.05) is 0 Å². The summed E-state index contributed by atoms with van der Waals surface area (Å²) in [5, 5.41) is 12.4. The molecule has 2 saturated carbocycles. The molecule has 0 aliphatic heterocycles. The molecule has 3 heterocycles. The Morgan fingerprint density at radius 3 is 2.88 bits per heavy atom. The van der Waals surface area contributed by atoms with Crippen molar-refractivity contribution < 1.29 is 0 Å². The van der Waals surface area contributed by atoms with Crippen LogP contribution < -0.4 is 10.6 Å². The third-order valence-corrected chi connectivity index (χ3v) is 5.42. The Morgan fingerprint density at radius 1 is 1.24 bits per heavy atom. The maximum Gasteiger partial charge on any atom is 0.231 e. The Balaban J connectivity index is 1.41. The summed E-state index contributed by atoms with van der Waals surface area (Å²) < 4.78 is 2.05. The zero-order chi connectivity index (χ0) is 16.8. The topological polar surface area (TPSA) is 83.4 Å². The first-order chi connectivity index (χ1) is 12.3. The van der Waals surface area contributed by atoms with Crippen LogP contribution in [0.5, 0.6) is 0 Å². The molecule has 5 rings (SSSR count). The van der Waals surface area contributed by atoms with E-state index in [4.69, 9.17) is 4.98 Å². The highest BCUT2D eigenvalue weighted by Crippen LogP contribution is 2.35. The summed E-state index contributed by atoms with van der Waals surface area (Å²) >= 11 is 0. The Bertz CT molecular complexity index is 888. The molecule has 0 aromatic carbocycles. The largest absolute Gasteiger partial charge is 0.367 e. The van der Waals surface area contributed by atoms with Gasteiger partial charge in [-0.05, 0) is 51.0 Å². The highest BCUT2D eigenvalue weighted by molar-refractivity contribution is 5.88. The number of hydrogen-bond acceptors (Lipinski definition) is 5. The monoisotopic (exact) mass is 337 g/mol. The molecule has 7 heteroatoms. The van der Waals surface area contributed by atoms with Crippen LogP contribution in [0.3, 0.4) is 0 Å². The number of fused-ring (bicyclic) bond motifs is 1. The summed E-state index contributed by atoms with van der Waals surface area (Å²) in [4.78, 5) is 12.5. The Labute approximate surface area is 146 Å². The van der Waals surface area contributed by atoms with E-state index in [9.17, 15) is 0 Å². The summed E-state index contributed by atoms with van der Waals surface area (Å²) in [6.07, 6.45) is 12.2. The van der Waals surface area contributed by atoms with Crippen molar-refractivity contribution in [1.82, 2.24) is 24.7 Å². The molecule has 0 saturated heterocycles. The van der Waals surface area contributed by atoms with E-state index < -0.39 is 0 Å². The molecule has 0 amide bonds. The van der Waals surface area contributed by atoms with E-state index in [0.29, 0.717) is 18.0 Å². The smallest absolute Gasteiger partial charge is 0.231 e. The van der Waals surface area contributed by atoms with Crippen molar-refractivity contribution in [3.8, 4) is 0 Å². The predicted molar refractivity (Wildman–Crippen MR) is 98.1 cm³/mol. The van der Waals surface area contributed by atoms with Gasteiger partial charge in [0.05, 0.1) is 23.3 Å². The van der Waals surface area contributed by atoms with Crippen LogP contribution in [0.15, 0.2) is 24.7 Å². The lowest BCUT2D eigenvalue weighted by Gasteiger charge is -2.25. The van der Waals surface area contributed by atoms with Gasteiger partial charge in [-0.15, -0.1) is 0 Å². The van der Waals surface area contributed by atoms with E-state index >= 15 is 0 Å². The van der Waals surface area contributed by atoms with Gasteiger partial charge >= 0.3 is 0 Å². The molecule has 3 N–H and O–H groups in total. The Morgan fingerprint density at radius 2 is 2.12 bits per heavy atom. The standard InChI is InChI=1S/C18H23N7/c1-11(12-5-6-12)21-17-15-7-8-19-16(15)23-18(24-17)22-13-9-20-25(10-13)14-3-2-4-14/h7-12,14H,2-6H2,1H3,(H3,19,21,22,23,24)/t11-/m0/s1. The van der Waals surface area contributed by atoms with Crippen molar-refractivity contribution in [1.29, 1.82) is 0 Å². The van der Waals surface area contributed by atoms with Gasteiger partial charge in [0, 0.05) is 18.4 Å². The van der Waals surface area contributed by atoms with E-state index in [1.807, 2.05) is 29.3 Å². The fraction of sp³-hybridized carbons (Fsp3) is 0.500. The number of rotatable bonds is 6. The minimum absolute atomic E-state index is 0.433. The third kappa shape index (κ3) is 2.83. The number of hydrogen-bond donors (Lipinski definition) is 3. The van der Waals surface area contributed by atoms with Crippen molar-refractivity contribution in [3.63, 3.8) is 0 Å². The third-order valence-electron chi connectivity index (χ3n) is 5.42. The van der Waals surface area contributed by atoms with Crippen molar-refractivity contribution in [3.05, 3.63) is 24.7 Å². The van der Waals surface area contributed by atoms with Crippen LogP contribution in [0.25, 0.3) is 11.0 Å². The lowest BCUT2D eigenvalue weighted by Crippen LogP contribution is -2.18. The first-order valence-electron chi connectivity index (χ1n) is 9.19. The Kier molecular flexibility index (Phi) is 3.39. The van der Waals surface area contributed by atoms with E-state index in [0.717, 1.165) is 28.5 Å². The van der Waals surface area contributed by atoms with Crippen LogP contribution >= 0.6 is 0 Å². The van der Waals surface area contributed by atoms with Gasteiger partial charge in [-0.3, -0.25) is 4.68 Å². The van der Waals surface area contributed by atoms with Crippen molar-refractivity contribution in [2.24, 2.45) is 5.92 Å². The van der Waals surface area contributed by atoms with Crippen molar-refractivity contribution in [2.45, 2.75) is 51.1 Å². The predicted octanol–water partition coefficient (Wildman–Crippen LogP) is 3.83. The molecule has 2 aliphatic rings. The second-order valence-electron chi connectivity index (χ2n) is 7.32. The molecular weight excluding hydrogens is 314 g/mol. The van der Waals surface area contributed by atoms with Crippen LogP contribution in [-0.2, 0) is 0 Å². The van der Waals surface area contributed by atoms with Gasteiger partial charge in [0.15, 0.2) is 0 Å². The van der Waals surface area contributed by atoms with Crippen LogP contribution in [0.1, 0.15) is 45.1 Å². The first kappa shape index (κ1) is 14.7. The normalized spacial score (nSPS) is 18.9. The van der Waals surface area contributed by atoms with Gasteiger partial charge in [0.25, 0.3) is 0 Å². The zero-order valence-electron chi connectivity index (χ0n) is 14.4. The average Bonchev–Trinajstić information content (AvgIpc) is 3.13. The number of aromatic amines is 1. The molecule has 130 valence electrons. The molecule has 3 aromatic rings. The average molecular weight is 337 g/mol. The quantitative estimate of drug-likeness (QED) is 0.636. The highest BCUT2D eigenvalue weighted by atomic mass is 15.3. The molecule has 7 nitrogen and oxygen atoms in total. The fourth-order valence-electron chi connectivity index (χ4n) is 3.42. The summed E-state index contributed by atoms with van der Waals surface area (Å²) in [6.45, 7) is 2.23. The minimum atomic E-state index is 0.433. The SMILES string of the molecule is C[C@H](Nc1nc(Nc2cnn(C3CCC3)c2)nc2[nH]ccc12)C1CC1. The molecule has 2 fully saturated rings. The van der Waals surface area contributed by atoms with Crippen LogP contribution in [0.4, 0.5) is 17.5 Å². The van der Waals surface area contributed by atoms with Gasteiger partial charge in [-0.2, -0.15) is 15.1 Å². The number of nitrogens with zero attached hydrogens (tertiary/aromatic N) is 4. The molecule has 2 aliphatic carbocycles. The lowest BCUT2D eigenvalue weighted by molar-refractivity contribution is 0.289. The molecule has 0 spiro atoms. The molecule has 0 radical (unpaired) electrons. The van der Waals surface area contributed by atoms with Crippen LogP contribution in [0.2, 0.25) is 0 Å². The van der Waals surface area contributed by atoms with E-state index in [2.05, 4.69) is 32.6 Å². The summed E-state index contributed by atoms with van der Waals surface area (Å²) in [6, 6.07) is 3.01. The van der Waals surface area contributed by atoms with Crippen molar-refractivity contribution in [2.75, 3.05) is 10.6 Å². The van der Waals surface area contributed by atoms with E-state index in [-0.39, 0.29) is 0 Å². The van der Waals surface area contributed by atoms with Gasteiger partial charge in [0.2, 0.25) is 5.95 Å². The van der Waals surface area contributed by atoms with Crippen LogP contribution in [-0.4, -0.2) is 30.8 Å². The zero-order valence-corrected chi connectivity index (χ0v) is 14.4. The molecule has 0 bridgehead atoms. The summed E-state index contributed by atoms with van der Waals surface area (Å²) in [7, 11) is 0. The van der Waals surface area contributed by atoms with Gasteiger partial charge in [-0.25, -0.2) is 0 Å². The molecule has 1 atom stereocenters. The van der Waals surface area contributed by atoms with Gasteiger partial charge < -0.3 is 15.6 Å². The van der Waals surface area contributed by atoms with Gasteiger partial charge in [0.1, 0.15) is 11.5 Å². The number of H-pyrrole nitrogens is 1. The molecule has 25 heavy (non-hydrogen) atoms. The van der Waals surface area contributed by atoms with Crippen molar-refractivity contribution >= 4 is 28.5 Å². The lowest BCUT2D eigenvalue weighted by atomic mass is 9.93. The van der Waals surface area contributed by atoms with E-state index in [1.54, 1.807) is 0 Å². The van der Waals surface area contributed by atoms with E-state index in [1.165, 1.54) is 32.1 Å². The fourth-order valence-corrected chi connectivity index (χ4v) is 3.42. The molecule has 0 unspecified atom stereocenters. The first-order valence-corrected chi connectivity index (χ1v) is 9.19. The second-order valence-corrected chi connectivity index (χ2v) is 7.32. The van der Waals surface area contributed by atoms with Crippen LogP contribution in [0, 0.1) is 5.92 Å². The maximum absolute atomic E-state index is 4.72. The number of aromatic nitrogens is 5. The molecular formula is C18H23N7. The number of anilines is 3. The molecule has 3 aromatic heterocycles. The minimum Gasteiger partial charge on any atom is -0.367 e.